The standard InChI is InChI=1S/C12H8ClNOS/c13-7-5-9-12(6-10(7)15)16-11-4-2-1-3-8(11)14-9/h1-6,14-15H. The van der Waals surface area contributed by atoms with Crippen LogP contribution in [-0.2, 0) is 0 Å². The van der Waals surface area contributed by atoms with E-state index in [-0.39, 0.29) is 5.75 Å². The highest BCUT2D eigenvalue weighted by atomic mass is 35.5. The summed E-state index contributed by atoms with van der Waals surface area (Å²) < 4.78 is 0. The molecule has 2 aromatic carbocycles. The first-order valence-electron chi connectivity index (χ1n) is 4.80. The van der Waals surface area contributed by atoms with Crippen molar-refractivity contribution in [3.05, 3.63) is 41.4 Å². The molecule has 0 fully saturated rings. The predicted octanol–water partition coefficient (Wildman–Crippen LogP) is 4.25. The molecule has 4 heteroatoms. The summed E-state index contributed by atoms with van der Waals surface area (Å²) in [5, 5.41) is 13.2. The Hall–Kier alpha value is -1.32. The lowest BCUT2D eigenvalue weighted by molar-refractivity contribution is 0.474. The molecule has 0 aliphatic carbocycles. The van der Waals surface area contributed by atoms with E-state index in [9.17, 15) is 5.11 Å². The van der Waals surface area contributed by atoms with Gasteiger partial charge in [-0.25, -0.2) is 0 Å². The van der Waals surface area contributed by atoms with Crippen molar-refractivity contribution in [1.29, 1.82) is 0 Å². The number of nitrogens with one attached hydrogen (secondary N) is 1. The van der Waals surface area contributed by atoms with Crippen molar-refractivity contribution in [1.82, 2.24) is 0 Å². The number of anilines is 2. The van der Waals surface area contributed by atoms with Gasteiger partial charge in [-0.3, -0.25) is 0 Å². The highest BCUT2D eigenvalue weighted by Crippen LogP contribution is 2.46. The van der Waals surface area contributed by atoms with Crippen LogP contribution in [0.15, 0.2) is 46.2 Å². The van der Waals surface area contributed by atoms with Crippen LogP contribution in [-0.4, -0.2) is 5.11 Å². The lowest BCUT2D eigenvalue weighted by Crippen LogP contribution is -1.99. The summed E-state index contributed by atoms with van der Waals surface area (Å²) in [6.07, 6.45) is 0. The van der Waals surface area contributed by atoms with E-state index in [2.05, 4.69) is 5.32 Å². The van der Waals surface area contributed by atoms with Gasteiger partial charge in [0.2, 0.25) is 0 Å². The third-order valence-electron chi connectivity index (χ3n) is 2.43. The van der Waals surface area contributed by atoms with Gasteiger partial charge < -0.3 is 10.4 Å². The second-order valence-corrected chi connectivity index (χ2v) is 5.01. The third kappa shape index (κ3) is 1.52. The van der Waals surface area contributed by atoms with Crippen LogP contribution in [0.25, 0.3) is 0 Å². The molecule has 0 unspecified atom stereocenters. The van der Waals surface area contributed by atoms with Crippen LogP contribution >= 0.6 is 23.4 Å². The van der Waals surface area contributed by atoms with Crippen molar-refractivity contribution in [2.45, 2.75) is 9.79 Å². The van der Waals surface area contributed by atoms with E-state index in [0.717, 1.165) is 21.2 Å². The molecule has 0 spiro atoms. The minimum Gasteiger partial charge on any atom is -0.506 e. The first kappa shape index (κ1) is 9.87. The van der Waals surface area contributed by atoms with Gasteiger partial charge in [-0.2, -0.15) is 0 Å². The Morgan fingerprint density at radius 2 is 1.88 bits per heavy atom. The molecule has 1 aliphatic rings. The van der Waals surface area contributed by atoms with E-state index >= 15 is 0 Å². The highest BCUT2D eigenvalue weighted by Gasteiger charge is 2.16. The predicted molar refractivity (Wildman–Crippen MR) is 67.0 cm³/mol. The van der Waals surface area contributed by atoms with Crippen LogP contribution in [0.5, 0.6) is 5.75 Å². The molecule has 1 heterocycles. The minimum absolute atomic E-state index is 0.120. The van der Waals surface area contributed by atoms with Gasteiger partial charge in [0.25, 0.3) is 0 Å². The Kier molecular flexibility index (Phi) is 2.23. The topological polar surface area (TPSA) is 32.3 Å². The highest BCUT2D eigenvalue weighted by molar-refractivity contribution is 7.99. The smallest absolute Gasteiger partial charge is 0.135 e. The Morgan fingerprint density at radius 1 is 1.06 bits per heavy atom. The molecule has 2 nitrogen and oxygen atoms in total. The molecule has 3 rings (SSSR count). The first-order chi connectivity index (χ1) is 7.74. The number of hydrogen-bond acceptors (Lipinski definition) is 3. The molecule has 1 aliphatic heterocycles. The fourth-order valence-corrected chi connectivity index (χ4v) is 2.81. The Morgan fingerprint density at radius 3 is 2.75 bits per heavy atom. The molecule has 0 bridgehead atoms. The van der Waals surface area contributed by atoms with Crippen LogP contribution in [0.3, 0.4) is 0 Å². The summed E-state index contributed by atoms with van der Waals surface area (Å²) in [6.45, 7) is 0. The zero-order chi connectivity index (χ0) is 11.1. The molecule has 16 heavy (non-hydrogen) atoms. The van der Waals surface area contributed by atoms with E-state index in [4.69, 9.17) is 11.6 Å². The van der Waals surface area contributed by atoms with Gasteiger partial charge >= 0.3 is 0 Å². The maximum atomic E-state index is 9.55. The average molecular weight is 250 g/mol. The molecule has 80 valence electrons. The number of para-hydroxylation sites is 1. The zero-order valence-corrected chi connectivity index (χ0v) is 9.77. The number of phenols is 1. The number of aromatic hydroxyl groups is 1. The van der Waals surface area contributed by atoms with E-state index in [1.54, 1.807) is 23.9 Å². The van der Waals surface area contributed by atoms with Crippen LogP contribution in [0.4, 0.5) is 11.4 Å². The number of rotatable bonds is 0. The monoisotopic (exact) mass is 249 g/mol. The Balaban J connectivity index is 2.12. The van der Waals surface area contributed by atoms with Crippen LogP contribution in [0.1, 0.15) is 0 Å². The van der Waals surface area contributed by atoms with Crippen molar-refractivity contribution in [3.8, 4) is 5.75 Å². The SMILES string of the molecule is Oc1cc2c(cc1Cl)Nc1ccccc1S2. The summed E-state index contributed by atoms with van der Waals surface area (Å²) >= 11 is 7.50. The number of halogens is 1. The van der Waals surface area contributed by atoms with Gasteiger partial charge in [0.15, 0.2) is 0 Å². The zero-order valence-electron chi connectivity index (χ0n) is 8.20. The number of fused-ring (bicyclic) bond motifs is 2. The van der Waals surface area contributed by atoms with Gasteiger partial charge in [0, 0.05) is 9.79 Å². The lowest BCUT2D eigenvalue weighted by atomic mass is 10.2. The third-order valence-corrected chi connectivity index (χ3v) is 3.86. The summed E-state index contributed by atoms with van der Waals surface area (Å²) in [7, 11) is 0. The van der Waals surface area contributed by atoms with E-state index in [1.807, 2.05) is 24.3 Å². The van der Waals surface area contributed by atoms with Crippen molar-refractivity contribution < 1.29 is 5.11 Å². The summed E-state index contributed by atoms with van der Waals surface area (Å²) in [5.41, 5.74) is 2.01. The fourth-order valence-electron chi connectivity index (χ4n) is 1.65. The molecule has 0 amide bonds. The fraction of sp³-hybridized carbons (Fsp3) is 0. The van der Waals surface area contributed by atoms with Gasteiger partial charge in [-0.05, 0) is 24.3 Å². The molecule has 2 aromatic rings. The molecule has 0 saturated heterocycles. The molecule has 2 N–H and O–H groups in total. The van der Waals surface area contributed by atoms with Crippen molar-refractivity contribution >= 4 is 34.7 Å². The summed E-state index contributed by atoms with van der Waals surface area (Å²) in [5.74, 6) is 0.120. The normalized spacial score (nSPS) is 12.6. The van der Waals surface area contributed by atoms with Gasteiger partial charge in [-0.15, -0.1) is 0 Å². The van der Waals surface area contributed by atoms with E-state index in [0.29, 0.717) is 5.02 Å². The Labute approximate surface area is 102 Å². The van der Waals surface area contributed by atoms with Crippen LogP contribution in [0.2, 0.25) is 5.02 Å². The largest absolute Gasteiger partial charge is 0.506 e. The van der Waals surface area contributed by atoms with Gasteiger partial charge in [-0.1, -0.05) is 35.5 Å². The molecular weight excluding hydrogens is 242 g/mol. The molecule has 0 aromatic heterocycles. The number of benzene rings is 2. The maximum Gasteiger partial charge on any atom is 0.135 e. The van der Waals surface area contributed by atoms with Crippen molar-refractivity contribution in [2.24, 2.45) is 0 Å². The second-order valence-electron chi connectivity index (χ2n) is 3.52. The average Bonchev–Trinajstić information content (AvgIpc) is 2.28. The quantitative estimate of drug-likeness (QED) is 0.584. The van der Waals surface area contributed by atoms with E-state index in [1.165, 1.54) is 0 Å². The number of phenolic OH excluding ortho intramolecular Hbond substituents is 1. The van der Waals surface area contributed by atoms with Gasteiger partial charge in [0.1, 0.15) is 5.75 Å². The first-order valence-corrected chi connectivity index (χ1v) is 6.00. The summed E-state index contributed by atoms with van der Waals surface area (Å²) in [6, 6.07) is 11.5. The molecule has 0 atom stereocenters. The van der Waals surface area contributed by atoms with Crippen LogP contribution < -0.4 is 5.32 Å². The van der Waals surface area contributed by atoms with Crippen LogP contribution in [0, 0.1) is 0 Å². The number of hydrogen-bond donors (Lipinski definition) is 2. The molecule has 0 radical (unpaired) electrons. The Bertz CT molecular complexity index is 521. The summed E-state index contributed by atoms with van der Waals surface area (Å²) in [4.78, 5) is 2.14. The van der Waals surface area contributed by atoms with Crippen molar-refractivity contribution in [3.63, 3.8) is 0 Å². The van der Waals surface area contributed by atoms with Gasteiger partial charge in [0.05, 0.1) is 16.4 Å². The lowest BCUT2D eigenvalue weighted by Gasteiger charge is -2.20. The molecule has 0 saturated carbocycles. The minimum atomic E-state index is 0.120. The second kappa shape index (κ2) is 3.61. The molecular formula is C12H8ClNOS. The van der Waals surface area contributed by atoms with Crippen molar-refractivity contribution in [2.75, 3.05) is 5.32 Å². The van der Waals surface area contributed by atoms with E-state index < -0.39 is 0 Å². The maximum absolute atomic E-state index is 9.55.